The number of carbonyl (C=O) groups excluding carboxylic acids is 2. The van der Waals surface area contributed by atoms with E-state index in [1.54, 1.807) is 16.2 Å². The first-order chi connectivity index (χ1) is 11.6. The van der Waals surface area contributed by atoms with Gasteiger partial charge in [0.05, 0.1) is 17.4 Å². The summed E-state index contributed by atoms with van der Waals surface area (Å²) in [5.74, 6) is -0.139. The van der Waals surface area contributed by atoms with E-state index in [9.17, 15) is 9.59 Å². The minimum absolute atomic E-state index is 0.0439. The quantitative estimate of drug-likeness (QED) is 0.831. The van der Waals surface area contributed by atoms with Gasteiger partial charge in [-0.15, -0.1) is 11.3 Å². The van der Waals surface area contributed by atoms with Gasteiger partial charge in [-0.25, -0.2) is 4.98 Å². The molecule has 0 spiro atoms. The Morgan fingerprint density at radius 2 is 2.12 bits per heavy atom. The Labute approximate surface area is 149 Å². The maximum absolute atomic E-state index is 12.3. The molecule has 2 N–H and O–H groups in total. The van der Waals surface area contributed by atoms with Crippen molar-refractivity contribution in [3.63, 3.8) is 0 Å². The summed E-state index contributed by atoms with van der Waals surface area (Å²) in [5, 5.41) is 2.01. The number of thioether (sulfide) groups is 1. The molecule has 2 amide bonds. The van der Waals surface area contributed by atoms with Gasteiger partial charge in [-0.3, -0.25) is 9.59 Å². The third kappa shape index (κ3) is 4.15. The predicted molar refractivity (Wildman–Crippen MR) is 96.8 cm³/mol. The summed E-state index contributed by atoms with van der Waals surface area (Å²) in [6.07, 6.45) is 1.61. The van der Waals surface area contributed by atoms with E-state index in [1.165, 1.54) is 11.8 Å². The number of likely N-dealkylation sites (tertiary alicyclic amines) is 1. The van der Waals surface area contributed by atoms with Crippen molar-refractivity contribution in [1.29, 1.82) is 0 Å². The summed E-state index contributed by atoms with van der Waals surface area (Å²) in [7, 11) is 0. The molecular weight excluding hydrogens is 342 g/mol. The zero-order valence-corrected chi connectivity index (χ0v) is 14.8. The molecule has 1 aromatic heterocycles. The number of hydrogen-bond donors (Lipinski definition) is 1. The number of amides is 2. The molecule has 1 aromatic carbocycles. The summed E-state index contributed by atoms with van der Waals surface area (Å²) >= 11 is 2.99. The lowest BCUT2D eigenvalue weighted by Crippen LogP contribution is -2.44. The second kappa shape index (κ2) is 7.81. The van der Waals surface area contributed by atoms with Gasteiger partial charge in [0.2, 0.25) is 11.8 Å². The lowest BCUT2D eigenvalue weighted by Gasteiger charge is -2.31. The van der Waals surface area contributed by atoms with E-state index in [0.717, 1.165) is 28.4 Å². The molecule has 1 aliphatic rings. The van der Waals surface area contributed by atoms with Gasteiger partial charge >= 0.3 is 0 Å². The molecule has 126 valence electrons. The number of nitrogens with zero attached hydrogens (tertiary/aromatic N) is 2. The highest BCUT2D eigenvalue weighted by atomic mass is 32.2. The SMILES string of the molecule is NC(=O)C1CCCN(C(=O)CSc2nc(-c3ccccc3)cs2)C1. The van der Waals surface area contributed by atoms with Crippen LogP contribution in [0.4, 0.5) is 0 Å². The van der Waals surface area contributed by atoms with Crippen molar-refractivity contribution in [1.82, 2.24) is 9.88 Å². The van der Waals surface area contributed by atoms with Crippen LogP contribution in [-0.4, -0.2) is 40.5 Å². The van der Waals surface area contributed by atoms with Crippen LogP contribution in [0.15, 0.2) is 40.1 Å². The van der Waals surface area contributed by atoms with Gasteiger partial charge in [0.15, 0.2) is 4.34 Å². The van der Waals surface area contributed by atoms with Crippen molar-refractivity contribution in [2.45, 2.75) is 17.2 Å². The maximum Gasteiger partial charge on any atom is 0.233 e. The van der Waals surface area contributed by atoms with Gasteiger partial charge in [0, 0.05) is 24.0 Å². The Morgan fingerprint density at radius 1 is 1.33 bits per heavy atom. The zero-order valence-electron chi connectivity index (χ0n) is 13.2. The third-order valence-corrected chi connectivity index (χ3v) is 6.05. The molecule has 2 aromatic rings. The lowest BCUT2D eigenvalue weighted by atomic mass is 9.97. The van der Waals surface area contributed by atoms with Crippen LogP contribution in [0.2, 0.25) is 0 Å². The number of piperidine rings is 1. The molecule has 1 unspecified atom stereocenters. The Kier molecular flexibility index (Phi) is 5.52. The van der Waals surface area contributed by atoms with E-state index >= 15 is 0 Å². The van der Waals surface area contributed by atoms with Gasteiger partial charge in [-0.05, 0) is 12.8 Å². The first kappa shape index (κ1) is 17.0. The van der Waals surface area contributed by atoms with E-state index in [-0.39, 0.29) is 17.7 Å². The van der Waals surface area contributed by atoms with E-state index in [2.05, 4.69) is 4.98 Å². The molecule has 1 fully saturated rings. The number of carbonyl (C=O) groups is 2. The van der Waals surface area contributed by atoms with Crippen molar-refractivity contribution in [3.05, 3.63) is 35.7 Å². The number of hydrogen-bond acceptors (Lipinski definition) is 5. The van der Waals surface area contributed by atoms with Crippen LogP contribution in [0.1, 0.15) is 12.8 Å². The second-order valence-electron chi connectivity index (χ2n) is 5.73. The van der Waals surface area contributed by atoms with Crippen LogP contribution < -0.4 is 5.73 Å². The fourth-order valence-electron chi connectivity index (χ4n) is 2.72. The number of benzene rings is 1. The summed E-state index contributed by atoms with van der Waals surface area (Å²) < 4.78 is 0.880. The third-order valence-electron chi connectivity index (χ3n) is 4.05. The highest BCUT2D eigenvalue weighted by Gasteiger charge is 2.26. The standard InChI is InChI=1S/C17H19N3O2S2/c18-16(22)13-7-4-8-20(9-13)15(21)11-24-17-19-14(10-23-17)12-5-2-1-3-6-12/h1-3,5-6,10,13H,4,7-9,11H2,(H2,18,22). The topological polar surface area (TPSA) is 76.3 Å². The molecular formula is C17H19N3O2S2. The van der Waals surface area contributed by atoms with E-state index in [0.29, 0.717) is 18.8 Å². The predicted octanol–water partition coefficient (Wildman–Crippen LogP) is 2.63. The molecule has 0 radical (unpaired) electrons. The van der Waals surface area contributed by atoms with E-state index < -0.39 is 0 Å². The minimum Gasteiger partial charge on any atom is -0.369 e. The Hall–Kier alpha value is -1.86. The fraction of sp³-hybridized carbons (Fsp3) is 0.353. The summed E-state index contributed by atoms with van der Waals surface area (Å²) in [4.78, 5) is 30.0. The molecule has 1 atom stereocenters. The lowest BCUT2D eigenvalue weighted by molar-refractivity contribution is -0.132. The largest absolute Gasteiger partial charge is 0.369 e. The summed E-state index contributed by atoms with van der Waals surface area (Å²) in [6, 6.07) is 9.98. The number of nitrogens with two attached hydrogens (primary N) is 1. The molecule has 7 heteroatoms. The normalized spacial score (nSPS) is 17.7. The molecule has 3 rings (SSSR count). The monoisotopic (exact) mass is 361 g/mol. The highest BCUT2D eigenvalue weighted by molar-refractivity contribution is 8.01. The molecule has 1 saturated heterocycles. The van der Waals surface area contributed by atoms with Crippen molar-refractivity contribution < 1.29 is 9.59 Å². The zero-order chi connectivity index (χ0) is 16.9. The van der Waals surface area contributed by atoms with Crippen LogP contribution in [-0.2, 0) is 9.59 Å². The van der Waals surface area contributed by atoms with Crippen molar-refractivity contribution in [2.75, 3.05) is 18.8 Å². The number of thiazole rings is 1. The molecule has 24 heavy (non-hydrogen) atoms. The molecule has 5 nitrogen and oxygen atoms in total. The first-order valence-electron chi connectivity index (χ1n) is 7.84. The smallest absolute Gasteiger partial charge is 0.233 e. The van der Waals surface area contributed by atoms with Gasteiger partial charge < -0.3 is 10.6 Å². The molecule has 0 saturated carbocycles. The van der Waals surface area contributed by atoms with Crippen LogP contribution >= 0.6 is 23.1 Å². The minimum atomic E-state index is -0.312. The van der Waals surface area contributed by atoms with Crippen LogP contribution in [0.5, 0.6) is 0 Å². The van der Waals surface area contributed by atoms with Crippen molar-refractivity contribution >= 4 is 34.9 Å². The summed E-state index contributed by atoms with van der Waals surface area (Å²) in [6.45, 7) is 1.15. The van der Waals surface area contributed by atoms with Gasteiger partial charge in [-0.1, -0.05) is 42.1 Å². The van der Waals surface area contributed by atoms with Gasteiger partial charge in [0.25, 0.3) is 0 Å². The van der Waals surface area contributed by atoms with Crippen molar-refractivity contribution in [3.8, 4) is 11.3 Å². The molecule has 2 heterocycles. The average molecular weight is 361 g/mol. The van der Waals surface area contributed by atoms with Gasteiger partial charge in [-0.2, -0.15) is 0 Å². The maximum atomic E-state index is 12.3. The number of primary amides is 1. The van der Waals surface area contributed by atoms with Crippen molar-refractivity contribution in [2.24, 2.45) is 11.7 Å². The molecule has 0 aliphatic carbocycles. The van der Waals surface area contributed by atoms with E-state index in [1.807, 2.05) is 35.7 Å². The number of aromatic nitrogens is 1. The Bertz CT molecular complexity index is 718. The van der Waals surface area contributed by atoms with Crippen LogP contribution in [0, 0.1) is 5.92 Å². The highest BCUT2D eigenvalue weighted by Crippen LogP contribution is 2.28. The second-order valence-corrected chi connectivity index (χ2v) is 7.82. The fourth-order valence-corrected chi connectivity index (χ4v) is 4.45. The van der Waals surface area contributed by atoms with Crippen LogP contribution in [0.25, 0.3) is 11.3 Å². The number of rotatable bonds is 5. The average Bonchev–Trinajstić information content (AvgIpc) is 3.09. The molecule has 0 bridgehead atoms. The van der Waals surface area contributed by atoms with Gasteiger partial charge in [0.1, 0.15) is 0 Å². The Balaban J connectivity index is 1.55. The Morgan fingerprint density at radius 3 is 2.88 bits per heavy atom. The summed E-state index contributed by atoms with van der Waals surface area (Å²) in [5.41, 5.74) is 7.37. The molecule has 1 aliphatic heterocycles. The van der Waals surface area contributed by atoms with E-state index in [4.69, 9.17) is 5.73 Å². The van der Waals surface area contributed by atoms with Crippen LogP contribution in [0.3, 0.4) is 0 Å². The first-order valence-corrected chi connectivity index (χ1v) is 9.71.